The van der Waals surface area contributed by atoms with Gasteiger partial charge in [0.25, 0.3) is 5.91 Å². The summed E-state index contributed by atoms with van der Waals surface area (Å²) < 4.78 is 14.2. The number of benzene rings is 1. The number of aliphatic hydroxyl groups is 1. The predicted octanol–water partition coefficient (Wildman–Crippen LogP) is 1.73. The van der Waals surface area contributed by atoms with Crippen molar-refractivity contribution in [2.45, 2.75) is 6.42 Å². The lowest BCUT2D eigenvalue weighted by Crippen LogP contribution is -2.24. The second-order valence-corrected chi connectivity index (χ2v) is 4.84. The Morgan fingerprint density at radius 1 is 1.50 bits per heavy atom. The Bertz CT molecular complexity index is 583. The van der Waals surface area contributed by atoms with Crippen molar-refractivity contribution in [3.8, 4) is 0 Å². The molecule has 6 heteroatoms. The molecule has 2 aromatic rings. The van der Waals surface area contributed by atoms with Gasteiger partial charge in [0.2, 0.25) is 0 Å². The standard InChI is InChI=1S/C12H13FN2O2S/c13-7-3-1-4-8-9(7)10(14)11(18-8)12(17)15-5-2-6-16/h1,3-4,16H,2,5-6,14H2,(H,15,17). The highest BCUT2D eigenvalue weighted by molar-refractivity contribution is 7.21. The number of amides is 1. The highest BCUT2D eigenvalue weighted by Gasteiger charge is 2.18. The number of nitrogens with one attached hydrogen (secondary N) is 1. The van der Waals surface area contributed by atoms with E-state index < -0.39 is 5.82 Å². The zero-order valence-corrected chi connectivity index (χ0v) is 10.4. The minimum atomic E-state index is -0.421. The fraction of sp³-hybridized carbons (Fsp3) is 0.250. The van der Waals surface area contributed by atoms with Gasteiger partial charge in [0, 0.05) is 17.9 Å². The first-order chi connectivity index (χ1) is 8.65. The lowest BCUT2D eigenvalue weighted by Gasteiger charge is -2.02. The zero-order chi connectivity index (χ0) is 13.1. The first-order valence-corrected chi connectivity index (χ1v) is 6.32. The highest BCUT2D eigenvalue weighted by atomic mass is 32.1. The first-order valence-electron chi connectivity index (χ1n) is 5.50. The Morgan fingerprint density at radius 2 is 2.28 bits per heavy atom. The van der Waals surface area contributed by atoms with Gasteiger partial charge in [0.05, 0.1) is 11.1 Å². The lowest BCUT2D eigenvalue weighted by molar-refractivity contribution is 0.0956. The second-order valence-electron chi connectivity index (χ2n) is 3.79. The number of thiophene rings is 1. The molecule has 0 bridgehead atoms. The number of fused-ring (bicyclic) bond motifs is 1. The lowest BCUT2D eigenvalue weighted by atomic mass is 10.2. The molecule has 2 rings (SSSR count). The molecule has 0 atom stereocenters. The van der Waals surface area contributed by atoms with Crippen LogP contribution in [0.5, 0.6) is 0 Å². The van der Waals surface area contributed by atoms with E-state index in [1.54, 1.807) is 12.1 Å². The van der Waals surface area contributed by atoms with Crippen molar-refractivity contribution in [3.05, 3.63) is 28.9 Å². The van der Waals surface area contributed by atoms with Gasteiger partial charge >= 0.3 is 0 Å². The van der Waals surface area contributed by atoms with E-state index in [0.29, 0.717) is 27.9 Å². The summed E-state index contributed by atoms with van der Waals surface area (Å²) >= 11 is 1.16. The molecule has 4 N–H and O–H groups in total. The Hall–Kier alpha value is -1.66. The summed E-state index contributed by atoms with van der Waals surface area (Å²) in [6.07, 6.45) is 0.477. The van der Waals surface area contributed by atoms with E-state index >= 15 is 0 Å². The molecule has 1 aromatic carbocycles. The molecule has 4 nitrogen and oxygen atoms in total. The van der Waals surface area contributed by atoms with Gasteiger partial charge in [-0.05, 0) is 18.6 Å². The van der Waals surface area contributed by atoms with Gasteiger partial charge in [0.15, 0.2) is 0 Å². The number of carbonyl (C=O) groups is 1. The van der Waals surface area contributed by atoms with E-state index in [-0.39, 0.29) is 18.2 Å². The number of hydrogen-bond donors (Lipinski definition) is 3. The van der Waals surface area contributed by atoms with Crippen molar-refractivity contribution in [1.82, 2.24) is 5.32 Å². The number of rotatable bonds is 4. The quantitative estimate of drug-likeness (QED) is 0.739. The van der Waals surface area contributed by atoms with Crippen LogP contribution in [0.4, 0.5) is 10.1 Å². The van der Waals surface area contributed by atoms with E-state index in [1.165, 1.54) is 6.07 Å². The van der Waals surface area contributed by atoms with Crippen LogP contribution in [0.2, 0.25) is 0 Å². The number of carbonyl (C=O) groups excluding carboxylic acids is 1. The summed E-state index contributed by atoms with van der Waals surface area (Å²) in [6.45, 7) is 0.377. The molecular weight excluding hydrogens is 255 g/mol. The highest BCUT2D eigenvalue weighted by Crippen LogP contribution is 2.35. The van der Waals surface area contributed by atoms with Crippen molar-refractivity contribution in [2.75, 3.05) is 18.9 Å². The summed E-state index contributed by atoms with van der Waals surface area (Å²) in [5.74, 6) is -0.753. The Morgan fingerprint density at radius 3 is 2.94 bits per heavy atom. The zero-order valence-electron chi connectivity index (χ0n) is 9.57. The van der Waals surface area contributed by atoms with Crippen LogP contribution in [0.15, 0.2) is 18.2 Å². The molecule has 1 aromatic heterocycles. The number of anilines is 1. The molecule has 0 saturated carbocycles. The molecule has 0 unspecified atom stereocenters. The number of aliphatic hydroxyl groups excluding tert-OH is 1. The van der Waals surface area contributed by atoms with Gasteiger partial charge in [-0.2, -0.15) is 0 Å². The molecule has 0 spiro atoms. The fourth-order valence-corrected chi connectivity index (χ4v) is 2.71. The Labute approximate surface area is 107 Å². The van der Waals surface area contributed by atoms with Crippen LogP contribution in [0.3, 0.4) is 0 Å². The molecule has 96 valence electrons. The summed E-state index contributed by atoms with van der Waals surface area (Å²) in [5, 5.41) is 11.6. The van der Waals surface area contributed by atoms with Gasteiger partial charge in [-0.1, -0.05) is 6.07 Å². The van der Waals surface area contributed by atoms with Crippen LogP contribution in [0, 0.1) is 5.82 Å². The summed E-state index contributed by atoms with van der Waals surface area (Å²) in [7, 11) is 0. The molecule has 0 aliphatic heterocycles. The smallest absolute Gasteiger partial charge is 0.263 e. The van der Waals surface area contributed by atoms with Crippen LogP contribution >= 0.6 is 11.3 Å². The normalized spacial score (nSPS) is 10.8. The van der Waals surface area contributed by atoms with E-state index in [1.807, 2.05) is 0 Å². The largest absolute Gasteiger partial charge is 0.397 e. The van der Waals surface area contributed by atoms with E-state index in [4.69, 9.17) is 10.8 Å². The molecule has 0 saturated heterocycles. The van der Waals surface area contributed by atoms with Crippen molar-refractivity contribution >= 4 is 33.0 Å². The number of halogens is 1. The molecule has 0 aliphatic rings. The molecule has 18 heavy (non-hydrogen) atoms. The average Bonchev–Trinajstić information content (AvgIpc) is 2.68. The maximum Gasteiger partial charge on any atom is 0.263 e. The van der Waals surface area contributed by atoms with Crippen LogP contribution in [-0.4, -0.2) is 24.2 Å². The van der Waals surface area contributed by atoms with Gasteiger partial charge in [-0.3, -0.25) is 4.79 Å². The minimum absolute atomic E-state index is 0.0107. The monoisotopic (exact) mass is 268 g/mol. The van der Waals surface area contributed by atoms with Gasteiger partial charge in [-0.25, -0.2) is 4.39 Å². The number of nitrogen functional groups attached to an aromatic ring is 1. The predicted molar refractivity (Wildman–Crippen MR) is 70.2 cm³/mol. The third-order valence-corrected chi connectivity index (χ3v) is 3.70. The van der Waals surface area contributed by atoms with Gasteiger partial charge < -0.3 is 16.2 Å². The molecule has 0 radical (unpaired) electrons. The third-order valence-electron chi connectivity index (χ3n) is 2.53. The molecule has 1 heterocycles. The van der Waals surface area contributed by atoms with E-state index in [0.717, 1.165) is 11.3 Å². The molecule has 1 amide bonds. The van der Waals surface area contributed by atoms with E-state index in [2.05, 4.69) is 5.32 Å². The second kappa shape index (κ2) is 5.32. The average molecular weight is 268 g/mol. The maximum atomic E-state index is 13.6. The number of hydrogen-bond acceptors (Lipinski definition) is 4. The van der Waals surface area contributed by atoms with Crippen molar-refractivity contribution in [2.24, 2.45) is 0 Å². The van der Waals surface area contributed by atoms with Gasteiger partial charge in [0.1, 0.15) is 10.7 Å². The Kier molecular flexibility index (Phi) is 3.78. The first kappa shape index (κ1) is 12.8. The van der Waals surface area contributed by atoms with Crippen LogP contribution in [-0.2, 0) is 0 Å². The molecular formula is C12H13FN2O2S. The fourth-order valence-electron chi connectivity index (χ4n) is 1.66. The molecule has 0 aliphatic carbocycles. The molecule has 0 fully saturated rings. The minimum Gasteiger partial charge on any atom is -0.397 e. The van der Waals surface area contributed by atoms with Crippen LogP contribution < -0.4 is 11.1 Å². The Balaban J connectivity index is 2.31. The van der Waals surface area contributed by atoms with Crippen molar-refractivity contribution in [3.63, 3.8) is 0 Å². The maximum absolute atomic E-state index is 13.6. The summed E-state index contributed by atoms with van der Waals surface area (Å²) in [6, 6.07) is 4.63. The summed E-state index contributed by atoms with van der Waals surface area (Å²) in [5.41, 5.74) is 5.98. The number of nitrogens with two attached hydrogens (primary N) is 1. The van der Waals surface area contributed by atoms with Crippen LogP contribution in [0.1, 0.15) is 16.1 Å². The van der Waals surface area contributed by atoms with Crippen molar-refractivity contribution < 1.29 is 14.3 Å². The van der Waals surface area contributed by atoms with E-state index in [9.17, 15) is 9.18 Å². The van der Waals surface area contributed by atoms with Crippen LogP contribution in [0.25, 0.3) is 10.1 Å². The third kappa shape index (κ3) is 2.30. The summed E-state index contributed by atoms with van der Waals surface area (Å²) in [4.78, 5) is 12.1. The topological polar surface area (TPSA) is 75.4 Å². The van der Waals surface area contributed by atoms with Crippen molar-refractivity contribution in [1.29, 1.82) is 0 Å². The SMILES string of the molecule is Nc1c(C(=O)NCCCO)sc2cccc(F)c12. The van der Waals surface area contributed by atoms with Gasteiger partial charge in [-0.15, -0.1) is 11.3 Å².